The van der Waals surface area contributed by atoms with Gasteiger partial charge in [-0.05, 0) is 50.8 Å². The minimum absolute atomic E-state index is 0.0538. The molecule has 0 bridgehead atoms. The molecule has 0 aromatic heterocycles. The van der Waals surface area contributed by atoms with E-state index in [1.54, 1.807) is 12.1 Å². The molecular formula is C21H26N4O4. The van der Waals surface area contributed by atoms with Crippen LogP contribution in [0.3, 0.4) is 0 Å². The summed E-state index contributed by atoms with van der Waals surface area (Å²) in [6.45, 7) is 6.32. The maximum Gasteiger partial charge on any atom is 0.262 e. The highest BCUT2D eigenvalue weighted by Crippen LogP contribution is 2.36. The third kappa shape index (κ3) is 3.26. The average Bonchev–Trinajstić information content (AvgIpc) is 3.10. The van der Waals surface area contributed by atoms with E-state index < -0.39 is 23.8 Å². The number of amides is 4. The van der Waals surface area contributed by atoms with E-state index in [1.165, 1.54) is 0 Å². The summed E-state index contributed by atoms with van der Waals surface area (Å²) in [4.78, 5) is 53.2. The van der Waals surface area contributed by atoms with Gasteiger partial charge in [-0.1, -0.05) is 12.1 Å². The van der Waals surface area contributed by atoms with Crippen LogP contribution in [-0.4, -0.2) is 58.1 Å². The van der Waals surface area contributed by atoms with Gasteiger partial charge in [0.25, 0.3) is 11.8 Å². The van der Waals surface area contributed by atoms with Crippen LogP contribution in [0, 0.1) is 5.92 Å². The number of hydrogen-bond donors (Lipinski definition) is 2. The second-order valence-corrected chi connectivity index (χ2v) is 8.79. The third-order valence-corrected chi connectivity index (χ3v) is 6.37. The molecule has 3 N–H and O–H groups in total. The van der Waals surface area contributed by atoms with E-state index >= 15 is 0 Å². The number of hydrogen-bond acceptors (Lipinski definition) is 6. The number of likely N-dealkylation sites (tertiary alicyclic amines) is 1. The summed E-state index contributed by atoms with van der Waals surface area (Å²) in [6.07, 6.45) is 1.25. The van der Waals surface area contributed by atoms with E-state index in [2.05, 4.69) is 24.1 Å². The van der Waals surface area contributed by atoms with Crippen molar-refractivity contribution < 1.29 is 19.2 Å². The van der Waals surface area contributed by atoms with E-state index in [0.717, 1.165) is 23.4 Å². The molecule has 4 rings (SSSR count). The lowest BCUT2D eigenvalue weighted by Crippen LogP contribution is -2.54. The number of rotatable bonds is 4. The van der Waals surface area contributed by atoms with Crippen molar-refractivity contribution in [3.63, 3.8) is 0 Å². The molecule has 0 spiro atoms. The van der Waals surface area contributed by atoms with Gasteiger partial charge in [0.05, 0.1) is 11.1 Å². The summed E-state index contributed by atoms with van der Waals surface area (Å²) in [6, 6.07) is 4.32. The van der Waals surface area contributed by atoms with Crippen molar-refractivity contribution in [3.8, 4) is 0 Å². The molecule has 0 saturated carbocycles. The molecule has 3 aliphatic rings. The molecule has 1 aromatic rings. The first-order chi connectivity index (χ1) is 13.7. The standard InChI is InChI=1S/C21H26N4O4/c1-21(2)8-12(9-22)10-24(21)11-13-4-3-5-14-17(13)20(29)25(19(14)28)15-6-7-16(26)23-18(15)27/h3-5,12,15H,6-11,22H2,1-2H3,(H,23,26,27). The summed E-state index contributed by atoms with van der Waals surface area (Å²) in [5.41, 5.74) is 7.29. The summed E-state index contributed by atoms with van der Waals surface area (Å²) in [7, 11) is 0. The Kier molecular flexibility index (Phi) is 4.78. The van der Waals surface area contributed by atoms with Gasteiger partial charge in [-0.3, -0.25) is 34.3 Å². The minimum atomic E-state index is -0.946. The lowest BCUT2D eigenvalue weighted by Gasteiger charge is -2.32. The Morgan fingerprint density at radius 1 is 1.17 bits per heavy atom. The first-order valence-electron chi connectivity index (χ1n) is 10.0. The molecule has 2 fully saturated rings. The van der Waals surface area contributed by atoms with Crippen LogP contribution >= 0.6 is 0 Å². The quantitative estimate of drug-likeness (QED) is 0.720. The van der Waals surface area contributed by atoms with Gasteiger partial charge in [0.2, 0.25) is 11.8 Å². The summed E-state index contributed by atoms with van der Waals surface area (Å²) in [5, 5.41) is 2.23. The van der Waals surface area contributed by atoms with Crippen molar-refractivity contribution in [3.05, 3.63) is 34.9 Å². The van der Waals surface area contributed by atoms with Crippen LogP contribution in [0.4, 0.5) is 0 Å². The topological polar surface area (TPSA) is 113 Å². The largest absolute Gasteiger partial charge is 0.330 e. The Balaban J connectivity index is 1.63. The van der Waals surface area contributed by atoms with Crippen LogP contribution in [0.5, 0.6) is 0 Å². The van der Waals surface area contributed by atoms with Gasteiger partial charge < -0.3 is 5.73 Å². The van der Waals surface area contributed by atoms with Gasteiger partial charge in [-0.15, -0.1) is 0 Å². The Bertz CT molecular complexity index is 910. The van der Waals surface area contributed by atoms with Gasteiger partial charge in [0, 0.05) is 25.0 Å². The fraction of sp³-hybridized carbons (Fsp3) is 0.524. The van der Waals surface area contributed by atoms with Crippen LogP contribution in [0.25, 0.3) is 0 Å². The number of fused-ring (bicyclic) bond motifs is 1. The third-order valence-electron chi connectivity index (χ3n) is 6.37. The van der Waals surface area contributed by atoms with Gasteiger partial charge in [0.1, 0.15) is 6.04 Å². The van der Waals surface area contributed by atoms with Crippen LogP contribution in [0.2, 0.25) is 0 Å². The number of imide groups is 2. The van der Waals surface area contributed by atoms with Crippen LogP contribution in [-0.2, 0) is 16.1 Å². The molecule has 29 heavy (non-hydrogen) atoms. The van der Waals surface area contributed by atoms with Gasteiger partial charge in [-0.25, -0.2) is 0 Å². The first-order valence-corrected chi connectivity index (χ1v) is 10.0. The Morgan fingerprint density at radius 2 is 1.93 bits per heavy atom. The number of nitrogens with one attached hydrogen (secondary N) is 1. The molecular weight excluding hydrogens is 372 g/mol. The SMILES string of the molecule is CC1(C)CC(CN)CN1Cc1cccc2c1C(=O)N(C1CCC(=O)NC1=O)C2=O. The highest BCUT2D eigenvalue weighted by atomic mass is 16.2. The van der Waals surface area contributed by atoms with Crippen molar-refractivity contribution in [1.29, 1.82) is 0 Å². The number of nitrogens with two attached hydrogens (primary N) is 1. The smallest absolute Gasteiger partial charge is 0.262 e. The molecule has 8 heteroatoms. The lowest BCUT2D eigenvalue weighted by atomic mass is 9.96. The number of carbonyl (C=O) groups is 4. The van der Waals surface area contributed by atoms with E-state index in [1.807, 2.05) is 6.07 Å². The number of carbonyl (C=O) groups excluding carboxylic acids is 4. The van der Waals surface area contributed by atoms with Crippen molar-refractivity contribution >= 4 is 23.6 Å². The molecule has 2 atom stereocenters. The van der Waals surface area contributed by atoms with E-state index in [9.17, 15) is 19.2 Å². The van der Waals surface area contributed by atoms with E-state index in [4.69, 9.17) is 5.73 Å². The Morgan fingerprint density at radius 3 is 2.59 bits per heavy atom. The predicted molar refractivity (Wildman–Crippen MR) is 105 cm³/mol. The average molecular weight is 398 g/mol. The molecule has 2 saturated heterocycles. The van der Waals surface area contributed by atoms with Crippen molar-refractivity contribution in [1.82, 2.24) is 15.1 Å². The zero-order valence-electron chi connectivity index (χ0n) is 16.7. The van der Waals surface area contributed by atoms with Gasteiger partial charge in [0.15, 0.2) is 0 Å². The van der Waals surface area contributed by atoms with Crippen LogP contribution in [0.1, 0.15) is 59.4 Å². The van der Waals surface area contributed by atoms with Crippen LogP contribution < -0.4 is 11.1 Å². The molecule has 154 valence electrons. The lowest BCUT2D eigenvalue weighted by molar-refractivity contribution is -0.136. The second kappa shape index (κ2) is 7.03. The normalized spacial score (nSPS) is 26.8. The second-order valence-electron chi connectivity index (χ2n) is 8.79. The molecule has 0 aliphatic carbocycles. The van der Waals surface area contributed by atoms with Crippen molar-refractivity contribution in [2.45, 2.75) is 51.2 Å². The Hall–Kier alpha value is -2.58. The summed E-state index contributed by atoms with van der Waals surface area (Å²) in [5.74, 6) is -1.50. The van der Waals surface area contributed by atoms with Crippen molar-refractivity contribution in [2.75, 3.05) is 13.1 Å². The zero-order chi connectivity index (χ0) is 20.9. The number of piperidine rings is 1. The molecule has 8 nitrogen and oxygen atoms in total. The predicted octanol–water partition coefficient (Wildman–Crippen LogP) is 0.647. The first kappa shape index (κ1) is 19.7. The highest BCUT2D eigenvalue weighted by Gasteiger charge is 2.46. The monoisotopic (exact) mass is 398 g/mol. The van der Waals surface area contributed by atoms with Gasteiger partial charge >= 0.3 is 0 Å². The van der Waals surface area contributed by atoms with Gasteiger partial charge in [-0.2, -0.15) is 0 Å². The zero-order valence-corrected chi connectivity index (χ0v) is 16.7. The van der Waals surface area contributed by atoms with Crippen LogP contribution in [0.15, 0.2) is 18.2 Å². The fourth-order valence-corrected chi connectivity index (χ4v) is 4.82. The maximum atomic E-state index is 13.2. The Labute approximate surface area is 169 Å². The highest BCUT2D eigenvalue weighted by molar-refractivity contribution is 6.24. The summed E-state index contributed by atoms with van der Waals surface area (Å²) < 4.78 is 0. The molecule has 0 radical (unpaired) electrons. The van der Waals surface area contributed by atoms with Crippen molar-refractivity contribution in [2.24, 2.45) is 11.7 Å². The number of nitrogens with zero attached hydrogens (tertiary/aromatic N) is 2. The minimum Gasteiger partial charge on any atom is -0.330 e. The number of benzene rings is 1. The molecule has 3 aliphatic heterocycles. The molecule has 2 unspecified atom stereocenters. The molecule has 1 aromatic carbocycles. The molecule has 4 amide bonds. The van der Waals surface area contributed by atoms with E-state index in [-0.39, 0.29) is 24.3 Å². The van der Waals surface area contributed by atoms with E-state index in [0.29, 0.717) is 30.1 Å². The molecule has 3 heterocycles. The maximum absolute atomic E-state index is 13.2. The fourth-order valence-electron chi connectivity index (χ4n) is 4.82. The summed E-state index contributed by atoms with van der Waals surface area (Å²) >= 11 is 0.